The molecule has 0 saturated carbocycles. The van der Waals surface area contributed by atoms with E-state index >= 15 is 0 Å². The third-order valence-corrected chi connectivity index (χ3v) is 2.52. The summed E-state index contributed by atoms with van der Waals surface area (Å²) in [6.45, 7) is 0. The fraction of sp³-hybridized carbons (Fsp3) is 0.400. The molecular weight excluding hydrogens is 321 g/mol. The van der Waals surface area contributed by atoms with Gasteiger partial charge in [0.25, 0.3) is 0 Å². The number of alkyl halides is 9. The van der Waals surface area contributed by atoms with E-state index in [9.17, 15) is 39.5 Å². The molecule has 0 aliphatic heterocycles. The molecule has 0 radical (unpaired) electrons. The average molecular weight is 327 g/mol. The average Bonchev–Trinajstić information content (AvgIpc) is 2.30. The summed E-state index contributed by atoms with van der Waals surface area (Å²) >= 11 is 0. The molecule has 0 fully saturated rings. The third kappa shape index (κ3) is 2.81. The number of anilines is 1. The second kappa shape index (κ2) is 4.88. The van der Waals surface area contributed by atoms with Crippen molar-refractivity contribution in [2.24, 2.45) is 0 Å². The van der Waals surface area contributed by atoms with Crippen LogP contribution in [-0.4, -0.2) is 17.5 Å². The van der Waals surface area contributed by atoms with Crippen molar-refractivity contribution in [3.63, 3.8) is 0 Å². The molecule has 1 rings (SSSR count). The molecule has 120 valence electrons. The number of rotatable bonds is 3. The minimum Gasteiger partial charge on any atom is -0.506 e. The predicted molar refractivity (Wildman–Crippen MR) is 52.4 cm³/mol. The van der Waals surface area contributed by atoms with E-state index < -0.39 is 53.1 Å². The molecule has 3 N–H and O–H groups in total. The molecule has 21 heavy (non-hydrogen) atoms. The van der Waals surface area contributed by atoms with Gasteiger partial charge in [0.2, 0.25) is 0 Å². The van der Waals surface area contributed by atoms with Crippen LogP contribution in [0, 0.1) is 0 Å². The van der Waals surface area contributed by atoms with Crippen LogP contribution in [-0.2, 0) is 12.1 Å². The lowest BCUT2D eigenvalue weighted by Crippen LogP contribution is -2.44. The molecule has 2 nitrogen and oxygen atoms in total. The predicted octanol–water partition coefficient (Wildman–Crippen LogP) is 3.99. The molecule has 1 aromatic carbocycles. The van der Waals surface area contributed by atoms with Crippen molar-refractivity contribution in [2.45, 2.75) is 24.4 Å². The lowest BCUT2D eigenvalue weighted by Gasteiger charge is -2.27. The monoisotopic (exact) mass is 327 g/mol. The molecule has 0 bridgehead atoms. The maximum absolute atomic E-state index is 13.3. The maximum atomic E-state index is 13.3. The normalized spacial score (nSPS) is 13.8. The van der Waals surface area contributed by atoms with E-state index in [0.29, 0.717) is 0 Å². The highest BCUT2D eigenvalue weighted by atomic mass is 19.4. The minimum absolute atomic E-state index is 0.221. The van der Waals surface area contributed by atoms with E-state index in [2.05, 4.69) is 0 Å². The number of halogens is 9. The fourth-order valence-electron chi connectivity index (χ4n) is 1.38. The Balaban J connectivity index is 3.55. The molecule has 1 aromatic rings. The molecule has 11 heteroatoms. The molecular formula is C10H6F9NO. The van der Waals surface area contributed by atoms with Gasteiger partial charge < -0.3 is 10.8 Å². The zero-order valence-electron chi connectivity index (χ0n) is 9.66. The molecule has 0 heterocycles. The van der Waals surface area contributed by atoms with Gasteiger partial charge in [0.1, 0.15) is 5.75 Å². The summed E-state index contributed by atoms with van der Waals surface area (Å²) in [6, 6.07) is -0.730. The van der Waals surface area contributed by atoms with E-state index in [1.165, 1.54) is 0 Å². The number of benzene rings is 1. The van der Waals surface area contributed by atoms with Gasteiger partial charge in [-0.25, -0.2) is 8.78 Å². The fourth-order valence-corrected chi connectivity index (χ4v) is 1.38. The summed E-state index contributed by atoms with van der Waals surface area (Å²) in [5.41, 5.74) is -0.760. The second-order valence-electron chi connectivity index (χ2n) is 3.95. The zero-order chi connectivity index (χ0) is 16.8. The van der Waals surface area contributed by atoms with Gasteiger partial charge in [-0.15, -0.1) is 0 Å². The van der Waals surface area contributed by atoms with Crippen LogP contribution in [0.5, 0.6) is 5.75 Å². The lowest BCUT2D eigenvalue weighted by atomic mass is 9.98. The lowest BCUT2D eigenvalue weighted by molar-refractivity contribution is -0.270. The summed E-state index contributed by atoms with van der Waals surface area (Å²) in [4.78, 5) is 0. The molecule has 0 aliphatic rings. The molecule has 0 atom stereocenters. The van der Waals surface area contributed by atoms with Gasteiger partial charge in [-0.1, -0.05) is 0 Å². The van der Waals surface area contributed by atoms with Gasteiger partial charge in [0.05, 0.1) is 11.3 Å². The van der Waals surface area contributed by atoms with Crippen molar-refractivity contribution in [1.29, 1.82) is 0 Å². The van der Waals surface area contributed by atoms with Gasteiger partial charge >= 0.3 is 24.4 Å². The Bertz CT molecular complexity index is 538. The highest BCUT2D eigenvalue weighted by molar-refractivity contribution is 5.61. The van der Waals surface area contributed by atoms with Crippen LogP contribution in [0.2, 0.25) is 0 Å². The van der Waals surface area contributed by atoms with E-state index in [0.717, 1.165) is 0 Å². The first-order valence-corrected chi connectivity index (χ1v) is 4.96. The van der Waals surface area contributed by atoms with Crippen LogP contribution in [0.3, 0.4) is 0 Å². The Morgan fingerprint density at radius 2 is 1.43 bits per heavy atom. The maximum Gasteiger partial charge on any atom is 0.418 e. The van der Waals surface area contributed by atoms with Crippen LogP contribution < -0.4 is 5.73 Å². The Kier molecular flexibility index (Phi) is 4.01. The van der Waals surface area contributed by atoms with E-state index in [1.807, 2.05) is 0 Å². The van der Waals surface area contributed by atoms with Crippen molar-refractivity contribution in [3.8, 4) is 5.75 Å². The van der Waals surface area contributed by atoms with E-state index in [-0.39, 0.29) is 6.07 Å². The Morgan fingerprint density at radius 1 is 0.952 bits per heavy atom. The van der Waals surface area contributed by atoms with Gasteiger partial charge in [0.15, 0.2) is 0 Å². The van der Waals surface area contributed by atoms with Crippen LogP contribution >= 0.6 is 0 Å². The Labute approximate surface area is 111 Å². The summed E-state index contributed by atoms with van der Waals surface area (Å²) < 4.78 is 114. The van der Waals surface area contributed by atoms with Crippen molar-refractivity contribution in [2.75, 3.05) is 5.73 Å². The van der Waals surface area contributed by atoms with Crippen LogP contribution in [0.1, 0.15) is 11.1 Å². The number of phenolic OH excluding ortho intramolecular Hbond substituents is 1. The topological polar surface area (TPSA) is 46.2 Å². The van der Waals surface area contributed by atoms with Crippen molar-refractivity contribution < 1.29 is 44.6 Å². The number of nitrogen functional groups attached to an aromatic ring is 1. The van der Waals surface area contributed by atoms with Crippen LogP contribution in [0.4, 0.5) is 45.2 Å². The molecule has 0 saturated heterocycles. The molecule has 0 aliphatic carbocycles. The first-order chi connectivity index (χ1) is 9.23. The number of nitrogens with two attached hydrogens (primary N) is 1. The van der Waals surface area contributed by atoms with Crippen LogP contribution in [0.15, 0.2) is 12.1 Å². The SMILES string of the molecule is Nc1c(O)cc(C(F)(F)C(F)(F)C(F)F)cc1C(F)(F)F. The molecule has 0 aromatic heterocycles. The number of aromatic hydroxyl groups is 1. The van der Waals surface area contributed by atoms with Gasteiger partial charge in [-0.2, -0.15) is 30.7 Å². The first kappa shape index (κ1) is 17.2. The highest BCUT2D eigenvalue weighted by Crippen LogP contribution is 2.49. The Morgan fingerprint density at radius 3 is 1.81 bits per heavy atom. The van der Waals surface area contributed by atoms with Crippen molar-refractivity contribution in [3.05, 3.63) is 23.3 Å². The van der Waals surface area contributed by atoms with E-state index in [4.69, 9.17) is 10.8 Å². The summed E-state index contributed by atoms with van der Waals surface area (Å²) in [5.74, 6) is -13.2. The number of hydrogen-bond acceptors (Lipinski definition) is 2. The van der Waals surface area contributed by atoms with Crippen molar-refractivity contribution >= 4 is 5.69 Å². The minimum atomic E-state index is -5.93. The molecule has 0 amide bonds. The van der Waals surface area contributed by atoms with E-state index in [1.54, 1.807) is 0 Å². The number of phenols is 1. The summed E-state index contributed by atoms with van der Waals surface area (Å²) in [6.07, 6.45) is -10.2. The number of hydrogen-bond donors (Lipinski definition) is 2. The molecule has 0 unspecified atom stereocenters. The van der Waals surface area contributed by atoms with Gasteiger partial charge in [-0.3, -0.25) is 0 Å². The largest absolute Gasteiger partial charge is 0.506 e. The smallest absolute Gasteiger partial charge is 0.418 e. The first-order valence-electron chi connectivity index (χ1n) is 4.96. The summed E-state index contributed by atoms with van der Waals surface area (Å²) in [5, 5.41) is 9.02. The van der Waals surface area contributed by atoms with Gasteiger partial charge in [-0.05, 0) is 12.1 Å². The molecule has 0 spiro atoms. The standard InChI is InChI=1S/C10H6F9NO/c11-7(12)9(15,16)8(13,14)3-1-4(10(17,18)19)6(20)5(21)2-3/h1-2,7,21H,20H2. The third-order valence-electron chi connectivity index (χ3n) is 2.52. The van der Waals surface area contributed by atoms with Crippen molar-refractivity contribution in [1.82, 2.24) is 0 Å². The summed E-state index contributed by atoms with van der Waals surface area (Å²) in [7, 11) is 0. The second-order valence-corrected chi connectivity index (χ2v) is 3.95. The Hall–Kier alpha value is -1.81. The van der Waals surface area contributed by atoms with Crippen LogP contribution in [0.25, 0.3) is 0 Å². The van der Waals surface area contributed by atoms with Gasteiger partial charge in [0, 0.05) is 5.56 Å². The quantitative estimate of drug-likeness (QED) is 0.501. The highest BCUT2D eigenvalue weighted by Gasteiger charge is 2.64. The zero-order valence-corrected chi connectivity index (χ0v) is 9.66.